The third-order valence-corrected chi connectivity index (χ3v) is 6.50. The second kappa shape index (κ2) is 8.26. The van der Waals surface area contributed by atoms with Crippen LogP contribution >= 0.6 is 11.8 Å². The van der Waals surface area contributed by atoms with Gasteiger partial charge in [0.25, 0.3) is 0 Å². The predicted octanol–water partition coefficient (Wildman–Crippen LogP) is 5.04. The van der Waals surface area contributed by atoms with Crippen molar-refractivity contribution in [3.63, 3.8) is 0 Å². The molecule has 0 radical (unpaired) electrons. The Hall–Kier alpha value is -2.60. The number of amides is 2. The fourth-order valence-corrected chi connectivity index (χ4v) is 4.94. The topological polar surface area (TPSA) is 61.8 Å². The Balaban J connectivity index is 1.52. The zero-order chi connectivity index (χ0) is 21.4. The lowest BCUT2D eigenvalue weighted by Gasteiger charge is -2.15. The van der Waals surface area contributed by atoms with Gasteiger partial charge in [-0.1, -0.05) is 30.0 Å². The van der Waals surface area contributed by atoms with E-state index in [1.807, 2.05) is 62.9 Å². The highest BCUT2D eigenvalue weighted by atomic mass is 32.2. The second-order valence-electron chi connectivity index (χ2n) is 8.36. The van der Waals surface area contributed by atoms with Crippen LogP contribution in [0.3, 0.4) is 0 Å². The maximum atomic E-state index is 13.1. The summed E-state index contributed by atoms with van der Waals surface area (Å²) < 4.78 is 0. The molecule has 2 amide bonds. The summed E-state index contributed by atoms with van der Waals surface area (Å²) in [6, 6.07) is 12.3. The highest BCUT2D eigenvalue weighted by molar-refractivity contribution is 8.15. The number of benzene rings is 2. The number of nitrogens with one attached hydrogen (secondary N) is 1. The molecule has 0 spiro atoms. The molecule has 1 heterocycles. The van der Waals surface area contributed by atoms with E-state index >= 15 is 0 Å². The van der Waals surface area contributed by atoms with Crippen LogP contribution in [-0.2, 0) is 9.59 Å². The first kappa shape index (κ1) is 20.7. The lowest BCUT2D eigenvalue weighted by molar-refractivity contribution is -0.128. The first-order chi connectivity index (χ1) is 14.3. The number of rotatable bonds is 5. The normalized spacial score (nSPS) is 20.1. The van der Waals surface area contributed by atoms with Gasteiger partial charge in [-0.2, -0.15) is 0 Å². The Morgan fingerprint density at radius 1 is 1.07 bits per heavy atom. The van der Waals surface area contributed by atoms with Gasteiger partial charge in [0.2, 0.25) is 11.8 Å². The smallest absolute Gasteiger partial charge is 0.242 e. The molecular weight excluding hydrogens is 394 g/mol. The van der Waals surface area contributed by atoms with Gasteiger partial charge in [-0.25, -0.2) is 4.99 Å². The Morgan fingerprint density at radius 2 is 1.77 bits per heavy atom. The van der Waals surface area contributed by atoms with Gasteiger partial charge in [-0.3, -0.25) is 14.5 Å². The quantitative estimate of drug-likeness (QED) is 0.735. The van der Waals surface area contributed by atoms with E-state index in [2.05, 4.69) is 11.4 Å². The van der Waals surface area contributed by atoms with Crippen molar-refractivity contribution in [2.24, 2.45) is 4.99 Å². The Labute approximate surface area is 182 Å². The van der Waals surface area contributed by atoms with E-state index < -0.39 is 5.25 Å². The number of anilines is 1. The molecule has 2 aliphatic rings. The largest absolute Gasteiger partial charge is 0.326 e. The van der Waals surface area contributed by atoms with Gasteiger partial charge >= 0.3 is 0 Å². The second-order valence-corrected chi connectivity index (χ2v) is 9.53. The minimum absolute atomic E-state index is 0.00161. The summed E-state index contributed by atoms with van der Waals surface area (Å²) in [5.74, 6) is -0.139. The van der Waals surface area contributed by atoms with Crippen molar-refractivity contribution in [2.45, 2.75) is 58.2 Å². The van der Waals surface area contributed by atoms with Crippen LogP contribution in [0.2, 0.25) is 0 Å². The number of aliphatic imine (C=N–C) groups is 1. The van der Waals surface area contributed by atoms with Crippen molar-refractivity contribution in [3.05, 3.63) is 58.7 Å². The standard InChI is InChI=1S/C24H27N3O2S/c1-14-5-6-17(4)20(12-14)26-22(28)13-21-23(29)27(19-7-8-19)24(30-21)25-18-10-15(2)9-16(3)11-18/h5-6,9-12,19,21H,7-8,13H2,1-4H3,(H,26,28)/t21-/m0/s1. The van der Waals surface area contributed by atoms with Crippen molar-refractivity contribution in [3.8, 4) is 0 Å². The molecule has 6 heteroatoms. The molecule has 30 heavy (non-hydrogen) atoms. The van der Waals surface area contributed by atoms with Crippen LogP contribution in [0.5, 0.6) is 0 Å². The van der Waals surface area contributed by atoms with Crippen LogP contribution in [-0.4, -0.2) is 33.2 Å². The highest BCUT2D eigenvalue weighted by Crippen LogP contribution is 2.39. The molecule has 1 N–H and O–H groups in total. The van der Waals surface area contributed by atoms with Crippen LogP contribution in [0.15, 0.2) is 41.4 Å². The van der Waals surface area contributed by atoms with Crippen LogP contribution in [0, 0.1) is 27.7 Å². The van der Waals surface area contributed by atoms with E-state index in [0.717, 1.165) is 51.6 Å². The molecule has 1 saturated heterocycles. The number of carbonyl (C=O) groups is 2. The molecule has 1 aliphatic carbocycles. The molecule has 0 bridgehead atoms. The fraction of sp³-hybridized carbons (Fsp3) is 0.375. The first-order valence-corrected chi connectivity index (χ1v) is 11.2. The molecule has 2 aromatic carbocycles. The summed E-state index contributed by atoms with van der Waals surface area (Å²) in [5.41, 5.74) is 6.05. The monoisotopic (exact) mass is 421 g/mol. The van der Waals surface area contributed by atoms with Gasteiger partial charge in [0, 0.05) is 18.2 Å². The van der Waals surface area contributed by atoms with Crippen LogP contribution in [0.1, 0.15) is 41.5 Å². The van der Waals surface area contributed by atoms with Crippen molar-refractivity contribution in [1.29, 1.82) is 0 Å². The van der Waals surface area contributed by atoms with Crippen molar-refractivity contribution >= 4 is 40.1 Å². The Kier molecular flexibility index (Phi) is 5.69. The summed E-state index contributed by atoms with van der Waals surface area (Å²) in [7, 11) is 0. The molecule has 2 aromatic rings. The van der Waals surface area contributed by atoms with E-state index in [4.69, 9.17) is 4.99 Å². The third kappa shape index (κ3) is 4.59. The number of aryl methyl sites for hydroxylation is 4. The average Bonchev–Trinajstić information content (AvgIpc) is 3.44. The Morgan fingerprint density at radius 3 is 2.43 bits per heavy atom. The summed E-state index contributed by atoms with van der Waals surface area (Å²) >= 11 is 1.41. The molecule has 0 aromatic heterocycles. The van der Waals surface area contributed by atoms with E-state index in [1.54, 1.807) is 0 Å². The van der Waals surface area contributed by atoms with Gasteiger partial charge in [-0.15, -0.1) is 0 Å². The SMILES string of the molecule is Cc1cc(C)cc(N=C2S[C@@H](CC(=O)Nc3cc(C)ccc3C)C(=O)N2C2CC2)c1. The lowest BCUT2D eigenvalue weighted by atomic mass is 10.1. The van der Waals surface area contributed by atoms with Gasteiger partial charge < -0.3 is 5.32 Å². The van der Waals surface area contributed by atoms with Gasteiger partial charge in [0.15, 0.2) is 5.17 Å². The summed E-state index contributed by atoms with van der Waals surface area (Å²) in [6.45, 7) is 8.05. The molecule has 1 atom stereocenters. The van der Waals surface area contributed by atoms with E-state index in [0.29, 0.717) is 0 Å². The fourth-order valence-electron chi connectivity index (χ4n) is 3.73. The van der Waals surface area contributed by atoms with E-state index in [9.17, 15) is 9.59 Å². The number of thioether (sulfide) groups is 1. The highest BCUT2D eigenvalue weighted by Gasteiger charge is 2.46. The van der Waals surface area contributed by atoms with E-state index in [1.165, 1.54) is 11.8 Å². The molecule has 1 aliphatic heterocycles. The molecule has 5 nitrogen and oxygen atoms in total. The zero-order valence-corrected chi connectivity index (χ0v) is 18.7. The number of amidine groups is 1. The van der Waals surface area contributed by atoms with Gasteiger partial charge in [0.05, 0.1) is 5.69 Å². The van der Waals surface area contributed by atoms with Crippen LogP contribution in [0.25, 0.3) is 0 Å². The van der Waals surface area contributed by atoms with Gasteiger partial charge in [0.1, 0.15) is 5.25 Å². The van der Waals surface area contributed by atoms with Crippen molar-refractivity contribution in [1.82, 2.24) is 4.90 Å². The maximum absolute atomic E-state index is 13.1. The molecule has 1 saturated carbocycles. The van der Waals surface area contributed by atoms with Crippen molar-refractivity contribution in [2.75, 3.05) is 5.32 Å². The van der Waals surface area contributed by atoms with E-state index in [-0.39, 0.29) is 24.3 Å². The minimum atomic E-state index is -0.430. The number of carbonyl (C=O) groups excluding carboxylic acids is 2. The summed E-state index contributed by atoms with van der Waals surface area (Å²) in [5, 5.41) is 3.26. The summed E-state index contributed by atoms with van der Waals surface area (Å²) in [6.07, 6.45) is 2.14. The minimum Gasteiger partial charge on any atom is -0.326 e. The molecular formula is C24H27N3O2S. The number of hydrogen-bond donors (Lipinski definition) is 1. The maximum Gasteiger partial charge on any atom is 0.242 e. The first-order valence-electron chi connectivity index (χ1n) is 10.3. The molecule has 2 fully saturated rings. The molecule has 156 valence electrons. The zero-order valence-electron chi connectivity index (χ0n) is 17.9. The van der Waals surface area contributed by atoms with Crippen LogP contribution < -0.4 is 5.32 Å². The third-order valence-electron chi connectivity index (χ3n) is 5.35. The van der Waals surface area contributed by atoms with Gasteiger partial charge in [-0.05, 0) is 81.0 Å². The number of hydrogen-bond acceptors (Lipinski definition) is 4. The number of nitrogens with zero attached hydrogens (tertiary/aromatic N) is 2. The predicted molar refractivity (Wildman–Crippen MR) is 123 cm³/mol. The molecule has 0 unspecified atom stereocenters. The Bertz CT molecular complexity index is 1020. The van der Waals surface area contributed by atoms with Crippen molar-refractivity contribution < 1.29 is 9.59 Å². The molecule has 4 rings (SSSR count). The lowest BCUT2D eigenvalue weighted by Crippen LogP contribution is -2.35. The van der Waals surface area contributed by atoms with Crippen LogP contribution in [0.4, 0.5) is 11.4 Å². The average molecular weight is 422 g/mol. The summed E-state index contributed by atoms with van der Waals surface area (Å²) in [4.78, 5) is 32.4.